The van der Waals surface area contributed by atoms with E-state index in [4.69, 9.17) is 4.74 Å². The molecule has 0 unspecified atom stereocenters. The Morgan fingerprint density at radius 3 is 2.48 bits per heavy atom. The SMILES string of the molecule is COC(=O)c1cc(NC(=O)CCNC(=O)OC(C)(C)C)c(C)s1. The zero-order valence-electron chi connectivity index (χ0n) is 13.9. The van der Waals surface area contributed by atoms with Crippen LogP contribution in [0.1, 0.15) is 41.7 Å². The van der Waals surface area contributed by atoms with E-state index in [1.807, 2.05) is 0 Å². The number of nitrogens with one attached hydrogen (secondary N) is 2. The molecule has 1 heterocycles. The number of aryl methyl sites for hydroxylation is 1. The van der Waals surface area contributed by atoms with Crippen LogP contribution in [0.5, 0.6) is 0 Å². The van der Waals surface area contributed by atoms with Crippen LogP contribution in [0, 0.1) is 6.92 Å². The van der Waals surface area contributed by atoms with E-state index >= 15 is 0 Å². The van der Waals surface area contributed by atoms with Gasteiger partial charge in [-0.1, -0.05) is 0 Å². The zero-order chi connectivity index (χ0) is 17.6. The van der Waals surface area contributed by atoms with E-state index in [1.165, 1.54) is 18.4 Å². The van der Waals surface area contributed by atoms with Gasteiger partial charge in [0.15, 0.2) is 0 Å². The Kier molecular flexibility index (Phi) is 6.56. The van der Waals surface area contributed by atoms with Crippen LogP contribution in [0.25, 0.3) is 0 Å². The van der Waals surface area contributed by atoms with Crippen molar-refractivity contribution >= 4 is 35.0 Å². The van der Waals surface area contributed by atoms with Crippen LogP contribution in [0.15, 0.2) is 6.07 Å². The molecule has 7 nitrogen and oxygen atoms in total. The van der Waals surface area contributed by atoms with Crippen LogP contribution >= 0.6 is 11.3 Å². The van der Waals surface area contributed by atoms with Gasteiger partial charge in [0.25, 0.3) is 0 Å². The van der Waals surface area contributed by atoms with Crippen LogP contribution in [0.4, 0.5) is 10.5 Å². The summed E-state index contributed by atoms with van der Waals surface area (Å²) in [5, 5.41) is 5.21. The van der Waals surface area contributed by atoms with Gasteiger partial charge in [-0.3, -0.25) is 4.79 Å². The van der Waals surface area contributed by atoms with Crippen LogP contribution in [0.2, 0.25) is 0 Å². The average Bonchev–Trinajstić information content (AvgIpc) is 2.77. The summed E-state index contributed by atoms with van der Waals surface area (Å²) in [5.41, 5.74) is -0.0117. The third-order valence-corrected chi connectivity index (χ3v) is 3.63. The lowest BCUT2D eigenvalue weighted by Gasteiger charge is -2.19. The predicted octanol–water partition coefficient (Wildman–Crippen LogP) is 2.70. The van der Waals surface area contributed by atoms with Crippen LogP contribution in [0.3, 0.4) is 0 Å². The Morgan fingerprint density at radius 2 is 1.91 bits per heavy atom. The maximum atomic E-state index is 11.9. The number of thiophene rings is 1. The number of amides is 2. The maximum absolute atomic E-state index is 11.9. The minimum Gasteiger partial charge on any atom is -0.465 e. The summed E-state index contributed by atoms with van der Waals surface area (Å²) in [6.07, 6.45) is -0.466. The summed E-state index contributed by atoms with van der Waals surface area (Å²) in [4.78, 5) is 36.0. The van der Waals surface area contributed by atoms with Crippen molar-refractivity contribution in [1.82, 2.24) is 5.32 Å². The van der Waals surface area contributed by atoms with E-state index in [0.29, 0.717) is 10.6 Å². The third kappa shape index (κ3) is 6.68. The second-order valence-electron chi connectivity index (χ2n) is 5.80. The lowest BCUT2D eigenvalue weighted by molar-refractivity contribution is -0.116. The monoisotopic (exact) mass is 342 g/mol. The Hall–Kier alpha value is -2.09. The van der Waals surface area contributed by atoms with Gasteiger partial charge in [-0.25, -0.2) is 9.59 Å². The average molecular weight is 342 g/mol. The molecule has 0 aliphatic carbocycles. The van der Waals surface area contributed by atoms with E-state index < -0.39 is 17.7 Å². The number of methoxy groups -OCH3 is 1. The van der Waals surface area contributed by atoms with Gasteiger partial charge < -0.3 is 20.1 Å². The molecule has 0 bridgehead atoms. The third-order valence-electron chi connectivity index (χ3n) is 2.60. The number of alkyl carbamates (subject to hydrolysis) is 1. The zero-order valence-corrected chi connectivity index (χ0v) is 14.8. The van der Waals surface area contributed by atoms with E-state index in [0.717, 1.165) is 4.88 Å². The summed E-state index contributed by atoms with van der Waals surface area (Å²) in [6.45, 7) is 7.24. The summed E-state index contributed by atoms with van der Waals surface area (Å²) >= 11 is 1.25. The van der Waals surface area contributed by atoms with Gasteiger partial charge in [0.05, 0.1) is 12.8 Å². The fourth-order valence-corrected chi connectivity index (χ4v) is 2.51. The fraction of sp³-hybridized carbons (Fsp3) is 0.533. The highest BCUT2D eigenvalue weighted by atomic mass is 32.1. The summed E-state index contributed by atoms with van der Waals surface area (Å²) in [6, 6.07) is 1.57. The first-order valence-electron chi connectivity index (χ1n) is 7.08. The molecule has 0 saturated heterocycles. The molecule has 1 aromatic rings. The highest BCUT2D eigenvalue weighted by Gasteiger charge is 2.17. The lowest BCUT2D eigenvalue weighted by atomic mass is 10.2. The highest BCUT2D eigenvalue weighted by molar-refractivity contribution is 7.14. The number of esters is 1. The molecule has 0 aliphatic heterocycles. The van der Waals surface area contributed by atoms with Crippen LogP contribution in [-0.2, 0) is 14.3 Å². The molecule has 1 aromatic heterocycles. The van der Waals surface area contributed by atoms with Crippen molar-refractivity contribution in [2.45, 2.75) is 39.7 Å². The molecule has 8 heteroatoms. The lowest BCUT2D eigenvalue weighted by Crippen LogP contribution is -2.34. The van der Waals surface area contributed by atoms with Crippen molar-refractivity contribution in [3.63, 3.8) is 0 Å². The van der Waals surface area contributed by atoms with Crippen molar-refractivity contribution < 1.29 is 23.9 Å². The number of anilines is 1. The summed E-state index contributed by atoms with van der Waals surface area (Å²) in [5.74, 6) is -0.705. The Balaban J connectivity index is 2.44. The molecule has 1 rings (SSSR count). The molecule has 0 fully saturated rings. The van der Waals surface area contributed by atoms with Crippen molar-refractivity contribution in [3.05, 3.63) is 15.8 Å². The van der Waals surface area contributed by atoms with Crippen LogP contribution in [-0.4, -0.2) is 37.2 Å². The topological polar surface area (TPSA) is 93.7 Å². The van der Waals surface area contributed by atoms with Gasteiger partial charge in [0.1, 0.15) is 10.5 Å². The van der Waals surface area contributed by atoms with Gasteiger partial charge in [0.2, 0.25) is 5.91 Å². The normalized spacial score (nSPS) is 10.8. The second-order valence-corrected chi connectivity index (χ2v) is 7.06. The molecule has 128 valence electrons. The maximum Gasteiger partial charge on any atom is 0.407 e. The summed E-state index contributed by atoms with van der Waals surface area (Å²) < 4.78 is 9.71. The highest BCUT2D eigenvalue weighted by Crippen LogP contribution is 2.26. The number of hydrogen-bond acceptors (Lipinski definition) is 6. The molecular weight excluding hydrogens is 320 g/mol. The van der Waals surface area contributed by atoms with Crippen molar-refractivity contribution in [2.75, 3.05) is 19.0 Å². The Bertz CT molecular complexity index is 589. The van der Waals surface area contributed by atoms with E-state index in [1.54, 1.807) is 33.8 Å². The molecule has 0 radical (unpaired) electrons. The molecule has 0 atom stereocenters. The minimum absolute atomic E-state index is 0.0993. The first kappa shape index (κ1) is 19.0. The molecule has 23 heavy (non-hydrogen) atoms. The minimum atomic E-state index is -0.579. The molecule has 0 saturated carbocycles. The second kappa shape index (κ2) is 7.96. The van der Waals surface area contributed by atoms with E-state index in [2.05, 4.69) is 15.4 Å². The fourth-order valence-electron chi connectivity index (χ4n) is 1.61. The number of carbonyl (C=O) groups excluding carboxylic acids is 3. The molecule has 0 aliphatic rings. The first-order valence-corrected chi connectivity index (χ1v) is 7.89. The molecule has 0 spiro atoms. The quantitative estimate of drug-likeness (QED) is 0.803. The predicted molar refractivity (Wildman–Crippen MR) is 87.9 cm³/mol. The smallest absolute Gasteiger partial charge is 0.407 e. The van der Waals surface area contributed by atoms with Crippen LogP contribution < -0.4 is 10.6 Å². The van der Waals surface area contributed by atoms with E-state index in [-0.39, 0.29) is 18.9 Å². The van der Waals surface area contributed by atoms with Gasteiger partial charge in [-0.05, 0) is 33.8 Å². The van der Waals surface area contributed by atoms with Crippen molar-refractivity contribution in [2.24, 2.45) is 0 Å². The number of carbonyl (C=O) groups is 3. The van der Waals surface area contributed by atoms with Crippen molar-refractivity contribution in [1.29, 1.82) is 0 Å². The van der Waals surface area contributed by atoms with Gasteiger partial charge in [-0.2, -0.15) is 0 Å². The molecule has 2 amide bonds. The Labute approximate surface area is 139 Å². The van der Waals surface area contributed by atoms with Gasteiger partial charge in [-0.15, -0.1) is 11.3 Å². The number of hydrogen-bond donors (Lipinski definition) is 2. The standard InChI is InChI=1S/C15H22N2O5S/c1-9-10(8-11(23-9)13(19)21-5)17-12(18)6-7-16-14(20)22-15(2,3)4/h8H,6-7H2,1-5H3,(H,16,20)(H,17,18). The van der Waals surface area contributed by atoms with Crippen molar-refractivity contribution in [3.8, 4) is 0 Å². The Morgan fingerprint density at radius 1 is 1.26 bits per heavy atom. The number of ether oxygens (including phenoxy) is 2. The molecular formula is C15H22N2O5S. The largest absolute Gasteiger partial charge is 0.465 e. The first-order chi connectivity index (χ1) is 10.6. The van der Waals surface area contributed by atoms with Gasteiger partial charge in [0, 0.05) is 17.8 Å². The summed E-state index contributed by atoms with van der Waals surface area (Å²) in [7, 11) is 1.30. The molecule has 2 N–H and O–H groups in total. The number of rotatable bonds is 5. The van der Waals surface area contributed by atoms with Gasteiger partial charge >= 0.3 is 12.1 Å². The van der Waals surface area contributed by atoms with E-state index in [9.17, 15) is 14.4 Å². The molecule has 0 aromatic carbocycles.